The summed E-state index contributed by atoms with van der Waals surface area (Å²) in [6.07, 6.45) is 7.01. The number of benzene rings is 1. The van der Waals surface area contributed by atoms with E-state index < -0.39 is 11.9 Å². The second-order valence-electron chi connectivity index (χ2n) is 8.26. The molecular weight excluding hydrogens is 408 g/mol. The molecule has 1 unspecified atom stereocenters. The van der Waals surface area contributed by atoms with Crippen LogP contribution in [0, 0.1) is 5.92 Å². The van der Waals surface area contributed by atoms with E-state index in [2.05, 4.69) is 28.1 Å². The first-order valence-corrected chi connectivity index (χ1v) is 10.5. The Bertz CT molecular complexity index is 1170. The monoisotopic (exact) mass is 434 g/mol. The molecule has 0 saturated carbocycles. The van der Waals surface area contributed by atoms with Crippen LogP contribution in [0.4, 0.5) is 0 Å². The van der Waals surface area contributed by atoms with Gasteiger partial charge in [0.2, 0.25) is 11.8 Å². The van der Waals surface area contributed by atoms with Crippen molar-refractivity contribution >= 4 is 28.7 Å². The van der Waals surface area contributed by atoms with E-state index >= 15 is 0 Å². The summed E-state index contributed by atoms with van der Waals surface area (Å²) >= 11 is 0. The van der Waals surface area contributed by atoms with Crippen molar-refractivity contribution in [3.05, 3.63) is 71.8 Å². The van der Waals surface area contributed by atoms with Crippen LogP contribution in [-0.2, 0) is 28.0 Å². The molecule has 4 rings (SSSR count). The fraction of sp³-hybridized carbons (Fsp3) is 0.292. The van der Waals surface area contributed by atoms with Crippen molar-refractivity contribution in [2.24, 2.45) is 13.0 Å². The number of carboxylic acid groups (broad SMARTS) is 1. The first kappa shape index (κ1) is 21.4. The lowest BCUT2D eigenvalue weighted by molar-refractivity contribution is -0.141. The number of nitrogens with zero attached hydrogens (tertiary/aromatic N) is 3. The average molecular weight is 434 g/mol. The predicted molar refractivity (Wildman–Crippen MR) is 120 cm³/mol. The van der Waals surface area contributed by atoms with Gasteiger partial charge in [-0.3, -0.25) is 14.4 Å². The molecule has 0 spiro atoms. The highest BCUT2D eigenvalue weighted by molar-refractivity contribution is 5.88. The maximum atomic E-state index is 12.7. The van der Waals surface area contributed by atoms with Gasteiger partial charge in [-0.15, -0.1) is 0 Å². The van der Waals surface area contributed by atoms with Crippen LogP contribution in [0.5, 0.6) is 0 Å². The number of aliphatic carboxylic acids is 1. The maximum absolute atomic E-state index is 12.7. The van der Waals surface area contributed by atoms with E-state index in [9.17, 15) is 14.4 Å². The molecule has 1 aromatic heterocycles. The largest absolute Gasteiger partial charge is 0.481 e. The third-order valence-corrected chi connectivity index (χ3v) is 5.96. The lowest BCUT2D eigenvalue weighted by atomic mass is 9.89. The number of rotatable bonds is 6. The molecule has 0 saturated heterocycles. The van der Waals surface area contributed by atoms with Crippen LogP contribution in [0.1, 0.15) is 18.5 Å². The zero-order valence-electron chi connectivity index (χ0n) is 18.1. The van der Waals surface area contributed by atoms with Gasteiger partial charge in [-0.2, -0.15) is 0 Å². The molecule has 1 atom stereocenters. The van der Waals surface area contributed by atoms with Crippen molar-refractivity contribution in [3.63, 3.8) is 0 Å². The molecule has 1 aromatic carbocycles. The summed E-state index contributed by atoms with van der Waals surface area (Å²) in [4.78, 5) is 39.2. The van der Waals surface area contributed by atoms with Crippen LogP contribution in [0.2, 0.25) is 0 Å². The Morgan fingerprint density at radius 2 is 2.09 bits per heavy atom. The lowest BCUT2D eigenvalue weighted by Crippen LogP contribution is -2.39. The van der Waals surface area contributed by atoms with Gasteiger partial charge in [0.15, 0.2) is 0 Å². The van der Waals surface area contributed by atoms with Crippen molar-refractivity contribution in [3.8, 4) is 0 Å². The SMILES string of the molecule is CN(Cc1cc2ccccc2n1C)C(=O)/C=C/N1C=CC2=C(CC(CC(=O)O)C(=O)N2)C1. The summed E-state index contributed by atoms with van der Waals surface area (Å²) in [5, 5.41) is 12.9. The van der Waals surface area contributed by atoms with Crippen molar-refractivity contribution in [2.75, 3.05) is 13.6 Å². The van der Waals surface area contributed by atoms with Gasteiger partial charge in [0.05, 0.1) is 18.9 Å². The smallest absolute Gasteiger partial charge is 0.304 e. The number of likely N-dealkylation sites (N-methyl/N-ethyl adjacent to an activating group) is 1. The molecule has 0 radical (unpaired) electrons. The van der Waals surface area contributed by atoms with E-state index in [0.717, 1.165) is 27.9 Å². The van der Waals surface area contributed by atoms with E-state index in [0.29, 0.717) is 19.5 Å². The van der Waals surface area contributed by atoms with Crippen LogP contribution in [0.15, 0.2) is 66.2 Å². The highest BCUT2D eigenvalue weighted by Gasteiger charge is 2.30. The summed E-state index contributed by atoms with van der Waals surface area (Å²) in [5.41, 5.74) is 3.85. The van der Waals surface area contributed by atoms with Gasteiger partial charge in [0.25, 0.3) is 0 Å². The second-order valence-corrected chi connectivity index (χ2v) is 8.26. The molecule has 32 heavy (non-hydrogen) atoms. The van der Waals surface area contributed by atoms with Gasteiger partial charge in [0, 0.05) is 56.0 Å². The molecule has 2 N–H and O–H groups in total. The van der Waals surface area contributed by atoms with Gasteiger partial charge in [0.1, 0.15) is 0 Å². The van der Waals surface area contributed by atoms with E-state index in [1.165, 1.54) is 6.08 Å². The molecule has 0 aliphatic carbocycles. The van der Waals surface area contributed by atoms with Crippen molar-refractivity contribution in [1.29, 1.82) is 0 Å². The number of aryl methyl sites for hydroxylation is 1. The van der Waals surface area contributed by atoms with Gasteiger partial charge in [-0.1, -0.05) is 18.2 Å². The first-order valence-electron chi connectivity index (χ1n) is 10.5. The quantitative estimate of drug-likeness (QED) is 0.681. The maximum Gasteiger partial charge on any atom is 0.304 e. The third kappa shape index (κ3) is 4.44. The molecule has 2 amide bonds. The molecule has 3 heterocycles. The van der Waals surface area contributed by atoms with Gasteiger partial charge >= 0.3 is 5.97 Å². The molecule has 8 nitrogen and oxygen atoms in total. The van der Waals surface area contributed by atoms with Crippen LogP contribution in [0.3, 0.4) is 0 Å². The predicted octanol–water partition coefficient (Wildman–Crippen LogP) is 2.34. The van der Waals surface area contributed by atoms with E-state index in [4.69, 9.17) is 5.11 Å². The number of para-hydroxylation sites is 1. The summed E-state index contributed by atoms with van der Waals surface area (Å²) in [6.45, 7) is 0.987. The minimum absolute atomic E-state index is 0.121. The normalized spacial score (nSPS) is 18.2. The van der Waals surface area contributed by atoms with Crippen LogP contribution >= 0.6 is 0 Å². The van der Waals surface area contributed by atoms with Gasteiger partial charge < -0.3 is 24.8 Å². The number of fused-ring (bicyclic) bond motifs is 1. The van der Waals surface area contributed by atoms with Gasteiger partial charge in [-0.25, -0.2) is 0 Å². The number of nitrogens with one attached hydrogen (secondary N) is 1. The van der Waals surface area contributed by atoms with Crippen molar-refractivity contribution < 1.29 is 19.5 Å². The van der Waals surface area contributed by atoms with Crippen molar-refractivity contribution in [1.82, 2.24) is 19.7 Å². The molecule has 2 aromatic rings. The number of aromatic nitrogens is 1. The Morgan fingerprint density at radius 3 is 2.84 bits per heavy atom. The number of carbonyl (C=O) groups excluding carboxylic acids is 2. The Labute approximate surface area is 186 Å². The standard InChI is InChI=1S/C24H26N4O4/c1-26(15-19-12-16-5-3-4-6-21(16)27(19)2)22(29)8-10-28-9-7-20-18(14-28)11-17(13-23(30)31)24(32)25-20/h3-10,12,17H,11,13-15H2,1-2H3,(H,25,32)(H,30,31)/b10-8+. The second kappa shape index (κ2) is 8.74. The summed E-state index contributed by atoms with van der Waals surface area (Å²) in [5.74, 6) is -1.94. The Balaban J connectivity index is 1.37. The number of hydrogen-bond donors (Lipinski definition) is 2. The summed E-state index contributed by atoms with van der Waals surface area (Å²) in [6, 6.07) is 10.2. The molecule has 2 aliphatic heterocycles. The Kier molecular flexibility index (Phi) is 5.85. The van der Waals surface area contributed by atoms with Crippen LogP contribution in [-0.4, -0.2) is 50.8 Å². The number of carboxylic acids is 1. The number of allylic oxidation sites excluding steroid dienone is 1. The molecular formula is C24H26N4O4. The highest BCUT2D eigenvalue weighted by atomic mass is 16.4. The average Bonchev–Trinajstić information content (AvgIpc) is 3.07. The molecule has 0 bridgehead atoms. The lowest BCUT2D eigenvalue weighted by Gasteiger charge is -2.31. The fourth-order valence-corrected chi connectivity index (χ4v) is 4.16. The molecule has 166 valence electrons. The summed E-state index contributed by atoms with van der Waals surface area (Å²) < 4.78 is 2.09. The topological polar surface area (TPSA) is 94.9 Å². The van der Waals surface area contributed by atoms with E-state index in [1.54, 1.807) is 30.4 Å². The van der Waals surface area contributed by atoms with Crippen LogP contribution < -0.4 is 5.32 Å². The number of carbonyl (C=O) groups is 3. The van der Waals surface area contributed by atoms with Gasteiger partial charge in [-0.05, 0) is 35.6 Å². The number of amides is 2. The first-order chi connectivity index (χ1) is 15.3. The van der Waals surface area contributed by atoms with Crippen molar-refractivity contribution in [2.45, 2.75) is 19.4 Å². The Hall–Kier alpha value is -3.81. The van der Waals surface area contributed by atoms with E-state index in [1.807, 2.05) is 24.1 Å². The van der Waals surface area contributed by atoms with E-state index in [-0.39, 0.29) is 18.2 Å². The molecule has 2 aliphatic rings. The zero-order valence-corrected chi connectivity index (χ0v) is 18.1. The number of hydrogen-bond acceptors (Lipinski definition) is 4. The minimum Gasteiger partial charge on any atom is -0.481 e. The fourth-order valence-electron chi connectivity index (χ4n) is 4.16. The van der Waals surface area contributed by atoms with Crippen LogP contribution in [0.25, 0.3) is 10.9 Å². The summed E-state index contributed by atoms with van der Waals surface area (Å²) in [7, 11) is 3.76. The third-order valence-electron chi connectivity index (χ3n) is 5.96. The molecule has 8 heteroatoms. The molecule has 0 fully saturated rings. The highest BCUT2D eigenvalue weighted by Crippen LogP contribution is 2.27. The zero-order chi connectivity index (χ0) is 22.8. The Morgan fingerprint density at radius 1 is 1.31 bits per heavy atom. The minimum atomic E-state index is -0.989.